The molecular formula is C27H40O2. The SMILES string of the molecule is CCCC(CCC)c1c(O)cccc1Cc1cccc(O)c1C(CCC)CCC. The second-order valence-electron chi connectivity index (χ2n) is 8.43. The Kier molecular flexibility index (Phi) is 9.57. The summed E-state index contributed by atoms with van der Waals surface area (Å²) >= 11 is 0. The van der Waals surface area contributed by atoms with Gasteiger partial charge in [-0.15, -0.1) is 0 Å². The van der Waals surface area contributed by atoms with E-state index in [9.17, 15) is 10.2 Å². The number of rotatable bonds is 12. The molecule has 2 aromatic rings. The predicted molar refractivity (Wildman–Crippen MR) is 124 cm³/mol. The fraction of sp³-hybridized carbons (Fsp3) is 0.556. The highest BCUT2D eigenvalue weighted by molar-refractivity contribution is 5.48. The zero-order valence-corrected chi connectivity index (χ0v) is 18.9. The second-order valence-corrected chi connectivity index (χ2v) is 8.43. The molecule has 0 aliphatic heterocycles. The van der Waals surface area contributed by atoms with E-state index in [1.807, 2.05) is 24.3 Å². The fourth-order valence-electron chi connectivity index (χ4n) is 4.91. The van der Waals surface area contributed by atoms with E-state index >= 15 is 0 Å². The van der Waals surface area contributed by atoms with Gasteiger partial charge in [0.15, 0.2) is 0 Å². The van der Waals surface area contributed by atoms with Gasteiger partial charge in [0.25, 0.3) is 0 Å². The van der Waals surface area contributed by atoms with Gasteiger partial charge in [-0.05, 0) is 67.2 Å². The van der Waals surface area contributed by atoms with E-state index in [1.165, 1.54) is 11.1 Å². The van der Waals surface area contributed by atoms with Crippen LogP contribution in [0.3, 0.4) is 0 Å². The normalized spacial score (nSPS) is 11.5. The lowest BCUT2D eigenvalue weighted by molar-refractivity contribution is 0.447. The molecule has 2 N–H and O–H groups in total. The molecule has 160 valence electrons. The average molecular weight is 397 g/mol. The molecule has 0 aliphatic rings. The van der Waals surface area contributed by atoms with Gasteiger partial charge in [0.2, 0.25) is 0 Å². The number of hydrogen-bond acceptors (Lipinski definition) is 2. The summed E-state index contributed by atoms with van der Waals surface area (Å²) in [6.07, 6.45) is 9.62. The van der Waals surface area contributed by atoms with Crippen molar-refractivity contribution in [3.8, 4) is 11.5 Å². The van der Waals surface area contributed by atoms with E-state index in [0.717, 1.165) is 68.9 Å². The Hall–Kier alpha value is -1.96. The van der Waals surface area contributed by atoms with E-state index < -0.39 is 0 Å². The molecule has 0 fully saturated rings. The van der Waals surface area contributed by atoms with Gasteiger partial charge < -0.3 is 10.2 Å². The molecule has 29 heavy (non-hydrogen) atoms. The van der Waals surface area contributed by atoms with Gasteiger partial charge in [-0.25, -0.2) is 0 Å². The Balaban J connectivity index is 2.50. The van der Waals surface area contributed by atoms with Crippen LogP contribution in [0.4, 0.5) is 0 Å². The quantitative estimate of drug-likeness (QED) is 0.381. The van der Waals surface area contributed by atoms with Crippen molar-refractivity contribution < 1.29 is 10.2 Å². The third-order valence-corrected chi connectivity index (χ3v) is 6.09. The van der Waals surface area contributed by atoms with E-state index in [1.54, 1.807) is 0 Å². The van der Waals surface area contributed by atoms with Crippen LogP contribution in [-0.4, -0.2) is 10.2 Å². The third-order valence-electron chi connectivity index (χ3n) is 6.09. The zero-order chi connectivity index (χ0) is 21.2. The minimum absolute atomic E-state index is 0.393. The summed E-state index contributed by atoms with van der Waals surface area (Å²) in [6, 6.07) is 11.9. The van der Waals surface area contributed by atoms with Gasteiger partial charge in [0.1, 0.15) is 11.5 Å². The molecule has 0 atom stereocenters. The summed E-state index contributed by atoms with van der Waals surface area (Å²) < 4.78 is 0. The highest BCUT2D eigenvalue weighted by atomic mass is 16.3. The molecule has 0 spiro atoms. The largest absolute Gasteiger partial charge is 0.508 e. The Labute approximate surface area is 178 Å². The number of benzene rings is 2. The van der Waals surface area contributed by atoms with E-state index in [2.05, 4.69) is 39.8 Å². The number of phenols is 2. The summed E-state index contributed by atoms with van der Waals surface area (Å²) in [4.78, 5) is 0. The van der Waals surface area contributed by atoms with Gasteiger partial charge in [-0.3, -0.25) is 0 Å². The highest BCUT2D eigenvalue weighted by Gasteiger charge is 2.22. The molecular weight excluding hydrogens is 356 g/mol. The Bertz CT molecular complexity index is 675. The molecule has 0 aromatic heterocycles. The minimum Gasteiger partial charge on any atom is -0.508 e. The maximum atomic E-state index is 10.7. The lowest BCUT2D eigenvalue weighted by atomic mass is 9.81. The van der Waals surface area contributed by atoms with Crippen molar-refractivity contribution in [2.24, 2.45) is 0 Å². The minimum atomic E-state index is 0.393. The summed E-state index contributed by atoms with van der Waals surface area (Å²) in [7, 11) is 0. The zero-order valence-electron chi connectivity index (χ0n) is 18.9. The van der Waals surface area contributed by atoms with Gasteiger partial charge in [0, 0.05) is 11.1 Å². The Morgan fingerprint density at radius 3 is 1.24 bits per heavy atom. The van der Waals surface area contributed by atoms with E-state index in [-0.39, 0.29) is 0 Å². The molecule has 0 unspecified atom stereocenters. The maximum absolute atomic E-state index is 10.7. The molecule has 0 heterocycles. The number of phenolic OH excluding ortho intramolecular Hbond substituents is 2. The van der Waals surface area contributed by atoms with E-state index in [4.69, 9.17) is 0 Å². The molecule has 2 heteroatoms. The van der Waals surface area contributed by atoms with Crippen LogP contribution in [0.2, 0.25) is 0 Å². The maximum Gasteiger partial charge on any atom is 0.119 e. The van der Waals surface area contributed by atoms with Crippen molar-refractivity contribution in [3.05, 3.63) is 58.7 Å². The molecule has 0 radical (unpaired) electrons. The first-order valence-corrected chi connectivity index (χ1v) is 11.7. The third kappa shape index (κ3) is 6.01. The average Bonchev–Trinajstić information content (AvgIpc) is 2.68. The molecule has 0 saturated heterocycles. The van der Waals surface area contributed by atoms with Crippen molar-refractivity contribution >= 4 is 0 Å². The van der Waals surface area contributed by atoms with Crippen LogP contribution in [0.1, 0.15) is 113 Å². The summed E-state index contributed by atoms with van der Waals surface area (Å²) in [5, 5.41) is 21.5. The summed E-state index contributed by atoms with van der Waals surface area (Å²) in [5.74, 6) is 1.64. The van der Waals surface area contributed by atoms with Crippen LogP contribution in [0.25, 0.3) is 0 Å². The summed E-state index contributed by atoms with van der Waals surface area (Å²) in [5.41, 5.74) is 4.65. The van der Waals surface area contributed by atoms with Gasteiger partial charge >= 0.3 is 0 Å². The first kappa shape index (κ1) is 23.3. The van der Waals surface area contributed by atoms with Crippen LogP contribution in [0.5, 0.6) is 11.5 Å². The van der Waals surface area contributed by atoms with Crippen molar-refractivity contribution in [1.29, 1.82) is 0 Å². The van der Waals surface area contributed by atoms with Crippen molar-refractivity contribution in [1.82, 2.24) is 0 Å². The van der Waals surface area contributed by atoms with E-state index in [0.29, 0.717) is 23.3 Å². The van der Waals surface area contributed by atoms with Crippen molar-refractivity contribution in [2.75, 3.05) is 0 Å². The molecule has 0 amide bonds. The predicted octanol–water partition coefficient (Wildman–Crippen LogP) is 8.06. The van der Waals surface area contributed by atoms with Crippen LogP contribution in [-0.2, 0) is 6.42 Å². The van der Waals surface area contributed by atoms with Gasteiger partial charge in [0.05, 0.1) is 0 Å². The van der Waals surface area contributed by atoms with Gasteiger partial charge in [-0.2, -0.15) is 0 Å². The summed E-state index contributed by atoms with van der Waals surface area (Å²) in [6.45, 7) is 8.87. The lowest BCUT2D eigenvalue weighted by Crippen LogP contribution is -2.08. The molecule has 0 aliphatic carbocycles. The van der Waals surface area contributed by atoms with Crippen LogP contribution in [0, 0.1) is 0 Å². The fourth-order valence-corrected chi connectivity index (χ4v) is 4.91. The van der Waals surface area contributed by atoms with Crippen LogP contribution < -0.4 is 0 Å². The molecule has 2 aromatic carbocycles. The van der Waals surface area contributed by atoms with Crippen molar-refractivity contribution in [3.63, 3.8) is 0 Å². The molecule has 2 nitrogen and oxygen atoms in total. The number of aromatic hydroxyl groups is 2. The van der Waals surface area contributed by atoms with Crippen LogP contribution in [0.15, 0.2) is 36.4 Å². The Morgan fingerprint density at radius 1 is 0.586 bits per heavy atom. The second kappa shape index (κ2) is 11.9. The Morgan fingerprint density at radius 2 is 0.931 bits per heavy atom. The standard InChI is InChI=1S/C27H40O2/c1-5-11-20(12-6-2)26-22(15-9-17-24(26)28)19-23-16-10-18-25(29)27(23)21(13-7-3)14-8-4/h9-10,15-18,20-21,28-29H,5-8,11-14,19H2,1-4H3. The first-order chi connectivity index (χ1) is 14.1. The topological polar surface area (TPSA) is 40.5 Å². The highest BCUT2D eigenvalue weighted by Crippen LogP contribution is 2.40. The molecule has 2 rings (SSSR count). The van der Waals surface area contributed by atoms with Crippen LogP contribution >= 0.6 is 0 Å². The lowest BCUT2D eigenvalue weighted by Gasteiger charge is -2.24. The molecule has 0 bridgehead atoms. The van der Waals surface area contributed by atoms with Crippen molar-refractivity contribution in [2.45, 2.75) is 97.3 Å². The number of hydrogen-bond donors (Lipinski definition) is 2. The smallest absolute Gasteiger partial charge is 0.119 e. The van der Waals surface area contributed by atoms with Gasteiger partial charge in [-0.1, -0.05) is 77.6 Å². The first-order valence-electron chi connectivity index (χ1n) is 11.7. The monoisotopic (exact) mass is 396 g/mol. The molecule has 0 saturated carbocycles.